The van der Waals surface area contributed by atoms with Crippen molar-refractivity contribution in [1.29, 1.82) is 0 Å². The Morgan fingerprint density at radius 1 is 1.38 bits per heavy atom. The van der Waals surface area contributed by atoms with Crippen molar-refractivity contribution in [3.05, 3.63) is 28.5 Å². The van der Waals surface area contributed by atoms with Gasteiger partial charge in [0.15, 0.2) is 0 Å². The molecule has 2 nitrogen and oxygen atoms in total. The predicted octanol–water partition coefficient (Wildman–Crippen LogP) is 4.09. The van der Waals surface area contributed by atoms with E-state index in [9.17, 15) is 9.18 Å². The number of alkyl halides is 1. The molecule has 0 aromatic heterocycles. The van der Waals surface area contributed by atoms with Gasteiger partial charge in [0, 0.05) is 16.2 Å². The molecule has 0 aliphatic carbocycles. The molecule has 1 N–H and O–H groups in total. The van der Waals surface area contributed by atoms with E-state index in [1.54, 1.807) is 12.1 Å². The first-order valence-corrected chi connectivity index (χ1v) is 6.86. The summed E-state index contributed by atoms with van der Waals surface area (Å²) in [4.78, 5) is 11.4. The van der Waals surface area contributed by atoms with Gasteiger partial charge in [0.2, 0.25) is 5.91 Å². The monoisotopic (exact) mass is 351 g/mol. The number of benzene rings is 1. The molecule has 1 rings (SSSR count). The number of unbranched alkanes of at least 4 members (excludes halogenated alkanes) is 1. The average molecular weight is 353 g/mol. The molecule has 16 heavy (non-hydrogen) atoms. The molecule has 1 aromatic rings. The maximum absolute atomic E-state index is 13.3. The summed E-state index contributed by atoms with van der Waals surface area (Å²) in [5.41, 5.74) is 0.229. The van der Waals surface area contributed by atoms with Crippen LogP contribution in [0.3, 0.4) is 0 Å². The standard InChI is InChI=1S/C11H12Br2FNO/c12-6-2-1-3-11(16)15-10-5-4-8(13)7-9(10)14/h4-5,7H,1-3,6H2,(H,15,16). The Hall–Kier alpha value is -0.420. The molecule has 0 aliphatic heterocycles. The minimum Gasteiger partial charge on any atom is -0.324 e. The first-order chi connectivity index (χ1) is 7.63. The summed E-state index contributed by atoms with van der Waals surface area (Å²) < 4.78 is 14.0. The van der Waals surface area contributed by atoms with E-state index in [1.807, 2.05) is 0 Å². The van der Waals surface area contributed by atoms with Gasteiger partial charge in [-0.3, -0.25) is 4.79 Å². The van der Waals surface area contributed by atoms with Gasteiger partial charge in [0.05, 0.1) is 5.69 Å². The largest absolute Gasteiger partial charge is 0.324 e. The number of hydrogen-bond acceptors (Lipinski definition) is 1. The normalized spacial score (nSPS) is 10.2. The lowest BCUT2D eigenvalue weighted by Crippen LogP contribution is -2.12. The maximum atomic E-state index is 13.3. The lowest BCUT2D eigenvalue weighted by molar-refractivity contribution is -0.116. The topological polar surface area (TPSA) is 29.1 Å². The highest BCUT2D eigenvalue weighted by molar-refractivity contribution is 9.10. The molecule has 0 saturated carbocycles. The molecule has 0 heterocycles. The second kappa shape index (κ2) is 7.01. The van der Waals surface area contributed by atoms with Crippen LogP contribution in [0.2, 0.25) is 0 Å². The van der Waals surface area contributed by atoms with E-state index in [0.717, 1.165) is 18.2 Å². The number of anilines is 1. The van der Waals surface area contributed by atoms with Crippen molar-refractivity contribution in [2.24, 2.45) is 0 Å². The zero-order valence-electron chi connectivity index (χ0n) is 8.60. The Morgan fingerprint density at radius 3 is 2.75 bits per heavy atom. The molecule has 88 valence electrons. The Bertz CT molecular complexity index is 371. The zero-order chi connectivity index (χ0) is 12.0. The Balaban J connectivity index is 2.49. The van der Waals surface area contributed by atoms with Crippen molar-refractivity contribution in [1.82, 2.24) is 0 Å². The highest BCUT2D eigenvalue weighted by atomic mass is 79.9. The van der Waals surface area contributed by atoms with Crippen LogP contribution in [0.15, 0.2) is 22.7 Å². The number of halogens is 3. The first kappa shape index (κ1) is 13.6. The molecule has 0 spiro atoms. The van der Waals surface area contributed by atoms with E-state index >= 15 is 0 Å². The molecular weight excluding hydrogens is 341 g/mol. The van der Waals surface area contributed by atoms with Gasteiger partial charge in [0.25, 0.3) is 0 Å². The van der Waals surface area contributed by atoms with Gasteiger partial charge in [0.1, 0.15) is 5.82 Å². The van der Waals surface area contributed by atoms with Crippen LogP contribution >= 0.6 is 31.9 Å². The van der Waals surface area contributed by atoms with Gasteiger partial charge in [-0.1, -0.05) is 31.9 Å². The number of nitrogens with one attached hydrogen (secondary N) is 1. The second-order valence-corrected chi connectivity index (χ2v) is 5.03. The molecule has 0 unspecified atom stereocenters. The van der Waals surface area contributed by atoms with Crippen molar-refractivity contribution in [3.8, 4) is 0 Å². The van der Waals surface area contributed by atoms with Crippen molar-refractivity contribution in [2.75, 3.05) is 10.6 Å². The van der Waals surface area contributed by atoms with Crippen LogP contribution < -0.4 is 5.32 Å². The summed E-state index contributed by atoms with van der Waals surface area (Å²) in [6.45, 7) is 0. The molecule has 0 aliphatic rings. The molecule has 5 heteroatoms. The van der Waals surface area contributed by atoms with Crippen LogP contribution in [-0.2, 0) is 4.79 Å². The van der Waals surface area contributed by atoms with Gasteiger partial charge in [-0.25, -0.2) is 4.39 Å². The average Bonchev–Trinajstić information content (AvgIpc) is 2.23. The van der Waals surface area contributed by atoms with E-state index in [0.29, 0.717) is 10.9 Å². The summed E-state index contributed by atoms with van der Waals surface area (Å²) in [7, 11) is 0. The fraction of sp³-hybridized carbons (Fsp3) is 0.364. The summed E-state index contributed by atoms with van der Waals surface area (Å²) in [6, 6.07) is 4.56. The first-order valence-electron chi connectivity index (χ1n) is 4.94. The highest BCUT2D eigenvalue weighted by Gasteiger charge is 2.06. The van der Waals surface area contributed by atoms with E-state index in [-0.39, 0.29) is 11.6 Å². The van der Waals surface area contributed by atoms with E-state index < -0.39 is 5.82 Å². The number of carbonyl (C=O) groups excluding carboxylic acids is 1. The summed E-state index contributed by atoms with van der Waals surface area (Å²) >= 11 is 6.44. The number of rotatable bonds is 5. The molecule has 0 fully saturated rings. The fourth-order valence-electron chi connectivity index (χ4n) is 1.18. The SMILES string of the molecule is O=C(CCCCBr)Nc1ccc(Br)cc1F. The molecule has 0 radical (unpaired) electrons. The quantitative estimate of drug-likeness (QED) is 0.627. The number of carbonyl (C=O) groups is 1. The van der Waals surface area contributed by atoms with E-state index in [4.69, 9.17) is 0 Å². The maximum Gasteiger partial charge on any atom is 0.224 e. The van der Waals surface area contributed by atoms with Crippen molar-refractivity contribution in [3.63, 3.8) is 0 Å². The van der Waals surface area contributed by atoms with Crippen molar-refractivity contribution in [2.45, 2.75) is 19.3 Å². The summed E-state index contributed by atoms with van der Waals surface area (Å²) in [6.07, 6.45) is 2.16. The highest BCUT2D eigenvalue weighted by Crippen LogP contribution is 2.19. The van der Waals surface area contributed by atoms with Crippen LogP contribution in [0.25, 0.3) is 0 Å². The molecule has 0 bridgehead atoms. The Morgan fingerprint density at radius 2 is 2.12 bits per heavy atom. The lowest BCUT2D eigenvalue weighted by atomic mass is 10.2. The molecular formula is C11H12Br2FNO. The van der Waals surface area contributed by atoms with Gasteiger partial charge in [-0.2, -0.15) is 0 Å². The fourth-order valence-corrected chi connectivity index (χ4v) is 1.91. The minimum absolute atomic E-state index is 0.151. The van der Waals surface area contributed by atoms with Crippen LogP contribution in [0, 0.1) is 5.82 Å². The van der Waals surface area contributed by atoms with Crippen molar-refractivity contribution >= 4 is 43.5 Å². The third kappa shape index (κ3) is 4.61. The van der Waals surface area contributed by atoms with Crippen molar-refractivity contribution < 1.29 is 9.18 Å². The molecule has 0 atom stereocenters. The number of hydrogen-bond donors (Lipinski definition) is 1. The molecule has 0 saturated heterocycles. The van der Waals surface area contributed by atoms with Crippen LogP contribution in [0.1, 0.15) is 19.3 Å². The van der Waals surface area contributed by atoms with Gasteiger partial charge in [-0.15, -0.1) is 0 Å². The lowest BCUT2D eigenvalue weighted by Gasteiger charge is -2.06. The Labute approximate surface area is 111 Å². The minimum atomic E-state index is -0.428. The number of amides is 1. The Kier molecular flexibility index (Phi) is 5.98. The third-order valence-electron chi connectivity index (χ3n) is 1.99. The third-order valence-corrected chi connectivity index (χ3v) is 3.05. The van der Waals surface area contributed by atoms with Gasteiger partial charge in [-0.05, 0) is 31.0 Å². The molecule has 1 aromatic carbocycles. The van der Waals surface area contributed by atoms with Crippen LogP contribution in [0.4, 0.5) is 10.1 Å². The van der Waals surface area contributed by atoms with Crippen LogP contribution in [-0.4, -0.2) is 11.2 Å². The molecule has 1 amide bonds. The van der Waals surface area contributed by atoms with E-state index in [2.05, 4.69) is 37.2 Å². The summed E-state index contributed by atoms with van der Waals surface area (Å²) in [5, 5.41) is 3.43. The van der Waals surface area contributed by atoms with E-state index in [1.165, 1.54) is 6.07 Å². The zero-order valence-corrected chi connectivity index (χ0v) is 11.8. The predicted molar refractivity (Wildman–Crippen MR) is 70.4 cm³/mol. The smallest absolute Gasteiger partial charge is 0.224 e. The second-order valence-electron chi connectivity index (χ2n) is 3.32. The van der Waals surface area contributed by atoms with Gasteiger partial charge >= 0.3 is 0 Å². The summed E-state index contributed by atoms with van der Waals surface area (Å²) in [5.74, 6) is -0.578. The van der Waals surface area contributed by atoms with Crippen LogP contribution in [0.5, 0.6) is 0 Å². The van der Waals surface area contributed by atoms with Gasteiger partial charge < -0.3 is 5.32 Å².